The first-order valence-electron chi connectivity index (χ1n) is 4.69. The molecular weight excluding hydrogens is 222 g/mol. The standard InChI is InChI=1S/C9H20ClNO2S/c1-9(2,3)8-11(4)14(12,13)7-5-6-10/h5-8H2,1-4H3. The van der Waals surface area contributed by atoms with Gasteiger partial charge in [0.15, 0.2) is 0 Å². The highest BCUT2D eigenvalue weighted by molar-refractivity contribution is 7.89. The fourth-order valence-corrected chi connectivity index (χ4v) is 2.86. The van der Waals surface area contributed by atoms with Crippen LogP contribution in [0.3, 0.4) is 0 Å². The van der Waals surface area contributed by atoms with Crippen molar-refractivity contribution in [1.29, 1.82) is 0 Å². The van der Waals surface area contributed by atoms with E-state index in [1.54, 1.807) is 7.05 Å². The van der Waals surface area contributed by atoms with Gasteiger partial charge in [-0.15, -0.1) is 11.6 Å². The van der Waals surface area contributed by atoms with Crippen molar-refractivity contribution < 1.29 is 8.42 Å². The van der Waals surface area contributed by atoms with E-state index in [2.05, 4.69) is 0 Å². The predicted molar refractivity (Wildman–Crippen MR) is 61.2 cm³/mol. The van der Waals surface area contributed by atoms with Gasteiger partial charge in [0.05, 0.1) is 5.75 Å². The molecule has 5 heteroatoms. The number of nitrogens with zero attached hydrogens (tertiary/aromatic N) is 1. The van der Waals surface area contributed by atoms with Crippen molar-refractivity contribution in [2.24, 2.45) is 5.41 Å². The Morgan fingerprint density at radius 2 is 1.79 bits per heavy atom. The third-order valence-electron chi connectivity index (χ3n) is 1.71. The summed E-state index contributed by atoms with van der Waals surface area (Å²) in [6, 6.07) is 0. The highest BCUT2D eigenvalue weighted by Crippen LogP contribution is 2.16. The Hall–Kier alpha value is 0.200. The third-order valence-corrected chi connectivity index (χ3v) is 3.86. The van der Waals surface area contributed by atoms with E-state index in [1.807, 2.05) is 20.8 Å². The first-order valence-corrected chi connectivity index (χ1v) is 6.83. The fourth-order valence-electron chi connectivity index (χ4n) is 1.16. The quantitative estimate of drug-likeness (QED) is 0.690. The smallest absolute Gasteiger partial charge is 0.212 e. The minimum absolute atomic E-state index is 0.0111. The van der Waals surface area contributed by atoms with Crippen molar-refractivity contribution in [2.75, 3.05) is 25.2 Å². The zero-order valence-electron chi connectivity index (χ0n) is 9.38. The second kappa shape index (κ2) is 5.33. The van der Waals surface area contributed by atoms with Gasteiger partial charge >= 0.3 is 0 Å². The molecule has 0 bridgehead atoms. The number of rotatable bonds is 5. The number of hydrogen-bond acceptors (Lipinski definition) is 2. The molecule has 0 saturated heterocycles. The molecule has 0 radical (unpaired) electrons. The Labute approximate surface area is 92.5 Å². The van der Waals surface area contributed by atoms with Gasteiger partial charge in [0.25, 0.3) is 0 Å². The molecule has 0 rings (SSSR count). The third kappa shape index (κ3) is 5.83. The largest absolute Gasteiger partial charge is 0.213 e. The van der Waals surface area contributed by atoms with Crippen LogP contribution in [0.4, 0.5) is 0 Å². The van der Waals surface area contributed by atoms with Crippen LogP contribution in [0.5, 0.6) is 0 Å². The predicted octanol–water partition coefficient (Wildman–Crippen LogP) is 1.92. The van der Waals surface area contributed by atoms with Crippen molar-refractivity contribution in [3.05, 3.63) is 0 Å². The van der Waals surface area contributed by atoms with Gasteiger partial charge < -0.3 is 0 Å². The summed E-state index contributed by atoms with van der Waals surface area (Å²) in [5, 5.41) is 0. The van der Waals surface area contributed by atoms with Gasteiger partial charge in [-0.3, -0.25) is 0 Å². The van der Waals surface area contributed by atoms with E-state index in [-0.39, 0.29) is 11.2 Å². The lowest BCUT2D eigenvalue weighted by molar-refractivity contribution is 0.310. The van der Waals surface area contributed by atoms with Gasteiger partial charge in [-0.2, -0.15) is 0 Å². The van der Waals surface area contributed by atoms with E-state index >= 15 is 0 Å². The summed E-state index contributed by atoms with van der Waals surface area (Å²) >= 11 is 5.46. The second-order valence-electron chi connectivity index (χ2n) is 4.68. The molecule has 0 fully saturated rings. The SMILES string of the molecule is CN(CC(C)(C)C)S(=O)(=O)CCCCl. The van der Waals surface area contributed by atoms with Crippen LogP contribution in [0.15, 0.2) is 0 Å². The van der Waals surface area contributed by atoms with Crippen LogP contribution in [0.25, 0.3) is 0 Å². The summed E-state index contributed by atoms with van der Waals surface area (Å²) in [7, 11) is -1.49. The highest BCUT2D eigenvalue weighted by atomic mass is 35.5. The molecule has 0 aliphatic rings. The molecule has 0 aromatic carbocycles. The van der Waals surface area contributed by atoms with Crippen LogP contribution in [0, 0.1) is 5.41 Å². The summed E-state index contributed by atoms with van der Waals surface area (Å²) < 4.78 is 24.7. The lowest BCUT2D eigenvalue weighted by atomic mass is 9.97. The lowest BCUT2D eigenvalue weighted by Crippen LogP contribution is -2.36. The maximum absolute atomic E-state index is 11.6. The summed E-state index contributed by atoms with van der Waals surface area (Å²) in [5.74, 6) is 0.533. The Bertz CT molecular complexity index is 256. The Kier molecular flexibility index (Phi) is 5.41. The average molecular weight is 242 g/mol. The normalized spacial score (nSPS) is 13.6. The number of sulfonamides is 1. The van der Waals surface area contributed by atoms with E-state index in [9.17, 15) is 8.42 Å². The van der Waals surface area contributed by atoms with Crippen molar-refractivity contribution >= 4 is 21.6 Å². The number of halogens is 1. The van der Waals surface area contributed by atoms with Gasteiger partial charge in [0.2, 0.25) is 10.0 Å². The Morgan fingerprint density at radius 1 is 1.29 bits per heavy atom. The van der Waals surface area contributed by atoms with Gasteiger partial charge in [-0.1, -0.05) is 20.8 Å². The lowest BCUT2D eigenvalue weighted by Gasteiger charge is -2.25. The van der Waals surface area contributed by atoms with E-state index in [0.29, 0.717) is 18.8 Å². The molecule has 0 amide bonds. The average Bonchev–Trinajstić information content (AvgIpc) is 1.97. The van der Waals surface area contributed by atoms with Crippen LogP contribution in [-0.2, 0) is 10.0 Å². The van der Waals surface area contributed by atoms with Gasteiger partial charge in [-0.25, -0.2) is 12.7 Å². The molecule has 14 heavy (non-hydrogen) atoms. The highest BCUT2D eigenvalue weighted by Gasteiger charge is 2.22. The van der Waals surface area contributed by atoms with Crippen LogP contribution in [-0.4, -0.2) is 37.9 Å². The van der Waals surface area contributed by atoms with Gasteiger partial charge in [0.1, 0.15) is 0 Å². The summed E-state index contributed by atoms with van der Waals surface area (Å²) in [5.41, 5.74) is -0.0111. The monoisotopic (exact) mass is 241 g/mol. The minimum atomic E-state index is -3.11. The molecular formula is C9H20ClNO2S. The zero-order chi connectivity index (χ0) is 11.4. The summed E-state index contributed by atoms with van der Waals surface area (Å²) in [6.07, 6.45) is 0.512. The molecule has 0 spiro atoms. The molecule has 0 heterocycles. The molecule has 86 valence electrons. The maximum atomic E-state index is 11.6. The van der Waals surface area contributed by atoms with Gasteiger partial charge in [0, 0.05) is 19.5 Å². The van der Waals surface area contributed by atoms with Crippen LogP contribution in [0.1, 0.15) is 27.2 Å². The molecule has 0 aromatic heterocycles. The second-order valence-corrected chi connectivity index (χ2v) is 7.25. The van der Waals surface area contributed by atoms with Crippen molar-refractivity contribution in [2.45, 2.75) is 27.2 Å². The van der Waals surface area contributed by atoms with E-state index in [1.165, 1.54) is 4.31 Å². The molecule has 0 N–H and O–H groups in total. The van der Waals surface area contributed by atoms with E-state index in [4.69, 9.17) is 11.6 Å². The van der Waals surface area contributed by atoms with Crippen LogP contribution >= 0.6 is 11.6 Å². The van der Waals surface area contributed by atoms with E-state index < -0.39 is 10.0 Å². The maximum Gasteiger partial charge on any atom is 0.213 e. The molecule has 0 aromatic rings. The molecule has 0 atom stereocenters. The van der Waals surface area contributed by atoms with Crippen LogP contribution < -0.4 is 0 Å². The Balaban J connectivity index is 4.30. The molecule has 0 aliphatic heterocycles. The molecule has 0 unspecified atom stereocenters. The molecule has 0 aliphatic carbocycles. The Morgan fingerprint density at radius 3 is 2.14 bits per heavy atom. The summed E-state index contributed by atoms with van der Waals surface area (Å²) in [4.78, 5) is 0. The van der Waals surface area contributed by atoms with Crippen molar-refractivity contribution in [3.63, 3.8) is 0 Å². The number of alkyl halides is 1. The summed E-state index contributed by atoms with van der Waals surface area (Å²) in [6.45, 7) is 6.58. The fraction of sp³-hybridized carbons (Fsp3) is 1.00. The number of hydrogen-bond donors (Lipinski definition) is 0. The first-order chi connectivity index (χ1) is 6.19. The minimum Gasteiger partial charge on any atom is -0.212 e. The van der Waals surface area contributed by atoms with Crippen molar-refractivity contribution in [3.8, 4) is 0 Å². The molecule has 3 nitrogen and oxygen atoms in total. The zero-order valence-corrected chi connectivity index (χ0v) is 11.0. The van der Waals surface area contributed by atoms with Crippen molar-refractivity contribution in [1.82, 2.24) is 4.31 Å². The molecule has 0 saturated carbocycles. The topological polar surface area (TPSA) is 37.4 Å². The van der Waals surface area contributed by atoms with E-state index in [0.717, 1.165) is 0 Å². The van der Waals surface area contributed by atoms with Gasteiger partial charge in [-0.05, 0) is 11.8 Å². The van der Waals surface area contributed by atoms with Crippen LogP contribution in [0.2, 0.25) is 0 Å². The first kappa shape index (κ1) is 14.2.